The summed E-state index contributed by atoms with van der Waals surface area (Å²) in [5.74, 6) is -0.163. The van der Waals surface area contributed by atoms with E-state index in [4.69, 9.17) is 0 Å². The zero-order valence-electron chi connectivity index (χ0n) is 10.2. The molecule has 0 saturated heterocycles. The van der Waals surface area contributed by atoms with Crippen LogP contribution in [0.15, 0.2) is 48.5 Å². The van der Waals surface area contributed by atoms with Crippen LogP contribution in [-0.2, 0) is 11.9 Å². The van der Waals surface area contributed by atoms with Crippen molar-refractivity contribution in [3.8, 4) is 0 Å². The van der Waals surface area contributed by atoms with Crippen LogP contribution in [0.5, 0.6) is 0 Å². The van der Waals surface area contributed by atoms with E-state index in [2.05, 4.69) is 33.0 Å². The van der Waals surface area contributed by atoms with E-state index in [1.807, 2.05) is 31.3 Å². The zero-order valence-corrected chi connectivity index (χ0v) is 11.8. The molecule has 2 aromatic carbocycles. The van der Waals surface area contributed by atoms with Crippen LogP contribution in [-0.4, -0.2) is 7.05 Å². The van der Waals surface area contributed by atoms with E-state index in [1.165, 1.54) is 11.6 Å². The lowest BCUT2D eigenvalue weighted by Gasteiger charge is -2.22. The summed E-state index contributed by atoms with van der Waals surface area (Å²) in [7, 11) is 1.98. The monoisotopic (exact) mass is 307 g/mol. The Morgan fingerprint density at radius 1 is 1.06 bits per heavy atom. The first-order valence-electron chi connectivity index (χ1n) is 5.81. The van der Waals surface area contributed by atoms with Crippen LogP contribution < -0.4 is 4.90 Å². The van der Waals surface area contributed by atoms with Crippen LogP contribution in [0.25, 0.3) is 0 Å². The third-order valence-corrected chi connectivity index (χ3v) is 3.46. The number of nitrogens with zero attached hydrogens (tertiary/aromatic N) is 1. The molecule has 0 aromatic heterocycles. The van der Waals surface area contributed by atoms with Gasteiger partial charge < -0.3 is 4.90 Å². The number of alkyl halides is 1. The van der Waals surface area contributed by atoms with Gasteiger partial charge in [-0.2, -0.15) is 0 Å². The minimum Gasteiger partial charge on any atom is -0.370 e. The molecule has 2 aromatic rings. The largest absolute Gasteiger partial charge is 0.370 e. The lowest BCUT2D eigenvalue weighted by atomic mass is 10.1. The molecule has 3 heteroatoms. The summed E-state index contributed by atoms with van der Waals surface area (Å²) in [6.45, 7) is 0.768. The Bertz CT molecular complexity index is 513. The fourth-order valence-corrected chi connectivity index (χ4v) is 2.53. The number of halogens is 2. The molecular weight excluding hydrogens is 293 g/mol. The minimum atomic E-state index is -0.163. The molecule has 0 aliphatic carbocycles. The van der Waals surface area contributed by atoms with Crippen LogP contribution in [0.2, 0.25) is 0 Å². The summed E-state index contributed by atoms with van der Waals surface area (Å²) in [5.41, 5.74) is 2.84. The summed E-state index contributed by atoms with van der Waals surface area (Å²) < 4.78 is 13.7. The maximum Gasteiger partial charge on any atom is 0.129 e. The molecule has 0 unspecified atom stereocenters. The van der Waals surface area contributed by atoms with Crippen LogP contribution >= 0.6 is 15.9 Å². The quantitative estimate of drug-likeness (QED) is 0.759. The lowest BCUT2D eigenvalue weighted by molar-refractivity contribution is 0.616. The molecule has 0 spiro atoms. The molecule has 0 bridgehead atoms. The summed E-state index contributed by atoms with van der Waals surface area (Å²) in [4.78, 5) is 2.06. The van der Waals surface area contributed by atoms with Gasteiger partial charge in [0.25, 0.3) is 0 Å². The van der Waals surface area contributed by atoms with E-state index < -0.39 is 0 Å². The standard InChI is InChI=1S/C15H15BrFN/c1-18(11-12-6-3-2-4-7-12)15-9-5-8-14(17)13(15)10-16/h2-9H,10-11H2,1H3. The SMILES string of the molecule is CN(Cc1ccccc1)c1cccc(F)c1CBr. The summed E-state index contributed by atoms with van der Waals surface area (Å²) in [6, 6.07) is 15.4. The maximum atomic E-state index is 13.7. The molecule has 1 nitrogen and oxygen atoms in total. The Balaban J connectivity index is 2.24. The van der Waals surface area contributed by atoms with E-state index >= 15 is 0 Å². The van der Waals surface area contributed by atoms with Crippen molar-refractivity contribution < 1.29 is 4.39 Å². The van der Waals surface area contributed by atoms with Gasteiger partial charge in [-0.3, -0.25) is 0 Å². The fraction of sp³-hybridized carbons (Fsp3) is 0.200. The average molecular weight is 308 g/mol. The van der Waals surface area contributed by atoms with E-state index in [-0.39, 0.29) is 5.82 Å². The third kappa shape index (κ3) is 2.91. The molecule has 0 N–H and O–H groups in total. The van der Waals surface area contributed by atoms with Gasteiger partial charge in [0.2, 0.25) is 0 Å². The molecule has 0 fully saturated rings. The molecule has 0 aliphatic rings. The fourth-order valence-electron chi connectivity index (χ4n) is 1.98. The molecule has 2 rings (SSSR count). The van der Waals surface area contributed by atoms with Crippen molar-refractivity contribution >= 4 is 21.6 Å². The van der Waals surface area contributed by atoms with E-state index in [0.717, 1.165) is 12.2 Å². The average Bonchev–Trinajstić information content (AvgIpc) is 2.39. The predicted molar refractivity (Wildman–Crippen MR) is 77.6 cm³/mol. The molecule has 0 radical (unpaired) electrons. The second kappa shape index (κ2) is 6.01. The molecule has 0 heterocycles. The molecule has 94 valence electrons. The first kappa shape index (κ1) is 13.1. The summed E-state index contributed by atoms with van der Waals surface area (Å²) in [6.07, 6.45) is 0. The highest BCUT2D eigenvalue weighted by Crippen LogP contribution is 2.25. The molecule has 0 saturated carbocycles. The zero-order chi connectivity index (χ0) is 13.0. The molecular formula is C15H15BrFN. The van der Waals surface area contributed by atoms with E-state index in [1.54, 1.807) is 6.07 Å². The topological polar surface area (TPSA) is 3.24 Å². The van der Waals surface area contributed by atoms with Gasteiger partial charge >= 0.3 is 0 Å². The van der Waals surface area contributed by atoms with E-state index in [9.17, 15) is 4.39 Å². The number of anilines is 1. The van der Waals surface area contributed by atoms with Crippen LogP contribution in [0, 0.1) is 5.82 Å². The highest BCUT2D eigenvalue weighted by atomic mass is 79.9. The van der Waals surface area contributed by atoms with Crippen molar-refractivity contribution in [3.63, 3.8) is 0 Å². The van der Waals surface area contributed by atoms with Crippen molar-refractivity contribution in [3.05, 3.63) is 65.5 Å². The van der Waals surface area contributed by atoms with Gasteiger partial charge in [0.15, 0.2) is 0 Å². The Kier molecular flexibility index (Phi) is 4.37. The van der Waals surface area contributed by atoms with E-state index in [0.29, 0.717) is 10.9 Å². The van der Waals surface area contributed by atoms with Crippen molar-refractivity contribution in [2.45, 2.75) is 11.9 Å². The van der Waals surface area contributed by atoms with Crippen LogP contribution in [0.4, 0.5) is 10.1 Å². The number of hydrogen-bond donors (Lipinski definition) is 0. The van der Waals surface area contributed by atoms with Crippen molar-refractivity contribution in [2.24, 2.45) is 0 Å². The lowest BCUT2D eigenvalue weighted by Crippen LogP contribution is -2.18. The molecule has 0 aliphatic heterocycles. The Hall–Kier alpha value is -1.35. The normalized spacial score (nSPS) is 10.4. The smallest absolute Gasteiger partial charge is 0.129 e. The number of hydrogen-bond acceptors (Lipinski definition) is 1. The van der Waals surface area contributed by atoms with Gasteiger partial charge in [0.1, 0.15) is 5.82 Å². The summed E-state index contributed by atoms with van der Waals surface area (Å²) in [5, 5.41) is 0.522. The highest BCUT2D eigenvalue weighted by molar-refractivity contribution is 9.08. The number of rotatable bonds is 4. The summed E-state index contributed by atoms with van der Waals surface area (Å²) >= 11 is 3.35. The Morgan fingerprint density at radius 3 is 2.44 bits per heavy atom. The minimum absolute atomic E-state index is 0.163. The highest BCUT2D eigenvalue weighted by Gasteiger charge is 2.10. The van der Waals surface area contributed by atoms with Gasteiger partial charge in [0, 0.05) is 30.2 Å². The van der Waals surface area contributed by atoms with Gasteiger partial charge in [-0.15, -0.1) is 0 Å². The molecule has 0 atom stereocenters. The van der Waals surface area contributed by atoms with Crippen molar-refractivity contribution in [2.75, 3.05) is 11.9 Å². The van der Waals surface area contributed by atoms with Crippen molar-refractivity contribution in [1.29, 1.82) is 0 Å². The third-order valence-electron chi connectivity index (χ3n) is 2.90. The second-order valence-corrected chi connectivity index (χ2v) is 4.77. The Morgan fingerprint density at radius 2 is 1.78 bits per heavy atom. The Labute approximate surface area is 115 Å². The predicted octanol–water partition coefficient (Wildman–Crippen LogP) is 4.36. The first-order chi connectivity index (χ1) is 8.72. The van der Waals surface area contributed by atoms with Crippen molar-refractivity contribution in [1.82, 2.24) is 0 Å². The maximum absolute atomic E-state index is 13.7. The number of benzene rings is 2. The first-order valence-corrected chi connectivity index (χ1v) is 6.93. The second-order valence-electron chi connectivity index (χ2n) is 4.21. The van der Waals surface area contributed by atoms with Gasteiger partial charge in [-0.05, 0) is 17.7 Å². The van der Waals surface area contributed by atoms with Gasteiger partial charge in [-0.1, -0.05) is 52.3 Å². The van der Waals surface area contributed by atoms with Gasteiger partial charge in [0.05, 0.1) is 0 Å². The molecule has 18 heavy (non-hydrogen) atoms. The van der Waals surface area contributed by atoms with Crippen LogP contribution in [0.1, 0.15) is 11.1 Å². The molecule has 0 amide bonds. The van der Waals surface area contributed by atoms with Crippen LogP contribution in [0.3, 0.4) is 0 Å². The van der Waals surface area contributed by atoms with Gasteiger partial charge in [-0.25, -0.2) is 4.39 Å².